The van der Waals surface area contributed by atoms with Crippen LogP contribution in [0, 0.1) is 0 Å². The van der Waals surface area contributed by atoms with Crippen LogP contribution in [0.25, 0.3) is 0 Å². The molecule has 5 heteroatoms. The number of likely N-dealkylation sites (N-methyl/N-ethyl adjacent to an activating group) is 1. The molecule has 1 aromatic carbocycles. The quantitative estimate of drug-likeness (QED) is 0.315. The lowest BCUT2D eigenvalue weighted by molar-refractivity contribution is 0.216. The highest BCUT2D eigenvalue weighted by molar-refractivity contribution is 6.02. The minimum atomic E-state index is -0.425. The number of para-hydroxylation sites is 1. The highest BCUT2D eigenvalue weighted by Gasteiger charge is 2.25. The number of hydrogen-bond acceptors (Lipinski definition) is 4. The fourth-order valence-corrected chi connectivity index (χ4v) is 1.47. The SMILES string of the molecule is CN(c1ccccc1/C(N)=N/O)C(C)(C)CO. The molecule has 0 aromatic heterocycles. The molecule has 1 rings (SSSR count). The lowest BCUT2D eigenvalue weighted by Crippen LogP contribution is -2.45. The second-order valence-electron chi connectivity index (χ2n) is 4.53. The van der Waals surface area contributed by atoms with Crippen LogP contribution < -0.4 is 10.6 Å². The summed E-state index contributed by atoms with van der Waals surface area (Å²) >= 11 is 0. The van der Waals surface area contributed by atoms with Crippen LogP contribution in [-0.2, 0) is 0 Å². The molecule has 94 valence electrons. The molecule has 0 aliphatic rings. The third-order valence-electron chi connectivity index (χ3n) is 2.94. The third kappa shape index (κ3) is 2.68. The van der Waals surface area contributed by atoms with Crippen molar-refractivity contribution in [3.05, 3.63) is 29.8 Å². The van der Waals surface area contributed by atoms with Gasteiger partial charge in [0.1, 0.15) is 0 Å². The van der Waals surface area contributed by atoms with Crippen molar-refractivity contribution in [2.24, 2.45) is 10.9 Å². The summed E-state index contributed by atoms with van der Waals surface area (Å²) in [5.41, 5.74) is 6.65. The maximum atomic E-state index is 9.36. The summed E-state index contributed by atoms with van der Waals surface area (Å²) in [6.45, 7) is 3.83. The molecule has 1 aromatic rings. The Morgan fingerprint density at radius 1 is 1.41 bits per heavy atom. The highest BCUT2D eigenvalue weighted by atomic mass is 16.4. The summed E-state index contributed by atoms with van der Waals surface area (Å²) in [6.07, 6.45) is 0. The van der Waals surface area contributed by atoms with Crippen molar-refractivity contribution in [1.29, 1.82) is 0 Å². The molecule has 0 atom stereocenters. The number of oxime groups is 1. The molecule has 4 N–H and O–H groups in total. The molecule has 0 fully saturated rings. The molecule has 5 nitrogen and oxygen atoms in total. The number of aliphatic hydroxyl groups excluding tert-OH is 1. The van der Waals surface area contributed by atoms with E-state index in [2.05, 4.69) is 5.16 Å². The van der Waals surface area contributed by atoms with Crippen LogP contribution in [-0.4, -0.2) is 35.3 Å². The van der Waals surface area contributed by atoms with Gasteiger partial charge in [-0.05, 0) is 26.0 Å². The number of benzene rings is 1. The molecular weight excluding hydrogens is 218 g/mol. The summed E-state index contributed by atoms with van der Waals surface area (Å²) < 4.78 is 0. The van der Waals surface area contributed by atoms with Crippen molar-refractivity contribution < 1.29 is 10.3 Å². The molecule has 0 heterocycles. The van der Waals surface area contributed by atoms with Gasteiger partial charge in [-0.25, -0.2) is 0 Å². The second-order valence-corrected chi connectivity index (χ2v) is 4.53. The van der Waals surface area contributed by atoms with Gasteiger partial charge in [-0.2, -0.15) is 0 Å². The van der Waals surface area contributed by atoms with Gasteiger partial charge in [-0.15, -0.1) is 0 Å². The second kappa shape index (κ2) is 5.05. The van der Waals surface area contributed by atoms with Gasteiger partial charge >= 0.3 is 0 Å². The molecule has 0 spiro atoms. The Bertz CT molecular complexity index is 416. The van der Waals surface area contributed by atoms with Crippen LogP contribution in [0.3, 0.4) is 0 Å². The molecular formula is C12H19N3O2. The van der Waals surface area contributed by atoms with E-state index in [-0.39, 0.29) is 12.4 Å². The Morgan fingerprint density at radius 3 is 2.53 bits per heavy atom. The van der Waals surface area contributed by atoms with Crippen molar-refractivity contribution in [3.63, 3.8) is 0 Å². The summed E-state index contributed by atoms with van der Waals surface area (Å²) in [7, 11) is 1.86. The number of amidine groups is 1. The molecule has 0 aliphatic carbocycles. The van der Waals surface area contributed by atoms with Gasteiger partial charge in [0.15, 0.2) is 5.84 Å². The van der Waals surface area contributed by atoms with Crippen LogP contribution >= 0.6 is 0 Å². The molecule has 0 aliphatic heterocycles. The maximum Gasteiger partial charge on any atom is 0.172 e. The van der Waals surface area contributed by atoms with Crippen LogP contribution in [0.1, 0.15) is 19.4 Å². The van der Waals surface area contributed by atoms with E-state index in [4.69, 9.17) is 10.9 Å². The van der Waals surface area contributed by atoms with Crippen LogP contribution in [0.4, 0.5) is 5.69 Å². The summed E-state index contributed by atoms with van der Waals surface area (Å²) in [5, 5.41) is 21.1. The lowest BCUT2D eigenvalue weighted by Gasteiger charge is -2.36. The zero-order valence-corrected chi connectivity index (χ0v) is 10.4. The summed E-state index contributed by atoms with van der Waals surface area (Å²) in [6, 6.07) is 7.32. The Labute approximate surface area is 101 Å². The Kier molecular flexibility index (Phi) is 3.96. The van der Waals surface area contributed by atoms with Gasteiger partial charge < -0.3 is 20.9 Å². The number of anilines is 1. The predicted molar refractivity (Wildman–Crippen MR) is 68.5 cm³/mol. The minimum Gasteiger partial charge on any atom is -0.409 e. The smallest absolute Gasteiger partial charge is 0.172 e. The predicted octanol–water partition coefficient (Wildman–Crippen LogP) is 0.988. The molecule has 0 bridgehead atoms. The third-order valence-corrected chi connectivity index (χ3v) is 2.94. The number of nitrogens with zero attached hydrogens (tertiary/aromatic N) is 2. The first-order chi connectivity index (χ1) is 7.94. The van der Waals surface area contributed by atoms with Crippen molar-refractivity contribution in [1.82, 2.24) is 0 Å². The van der Waals surface area contributed by atoms with Crippen LogP contribution in [0.2, 0.25) is 0 Å². The molecule has 0 saturated carbocycles. The van der Waals surface area contributed by atoms with E-state index in [9.17, 15) is 5.11 Å². The monoisotopic (exact) mass is 237 g/mol. The van der Waals surface area contributed by atoms with Crippen molar-refractivity contribution in [2.45, 2.75) is 19.4 Å². The average Bonchev–Trinajstić information content (AvgIpc) is 2.36. The van der Waals surface area contributed by atoms with Gasteiger partial charge in [0.25, 0.3) is 0 Å². The van der Waals surface area contributed by atoms with E-state index in [0.29, 0.717) is 5.56 Å². The van der Waals surface area contributed by atoms with Crippen molar-refractivity contribution in [2.75, 3.05) is 18.6 Å². The Morgan fingerprint density at radius 2 is 2.00 bits per heavy atom. The van der Waals surface area contributed by atoms with E-state index in [0.717, 1.165) is 5.69 Å². The van der Waals surface area contributed by atoms with E-state index in [1.165, 1.54) is 0 Å². The maximum absolute atomic E-state index is 9.36. The van der Waals surface area contributed by atoms with Crippen LogP contribution in [0.5, 0.6) is 0 Å². The van der Waals surface area contributed by atoms with Crippen LogP contribution in [0.15, 0.2) is 29.4 Å². The molecule has 17 heavy (non-hydrogen) atoms. The topological polar surface area (TPSA) is 82.1 Å². The first-order valence-electron chi connectivity index (χ1n) is 5.35. The van der Waals surface area contributed by atoms with Crippen molar-refractivity contribution in [3.8, 4) is 0 Å². The van der Waals surface area contributed by atoms with Gasteiger partial charge in [-0.3, -0.25) is 0 Å². The zero-order valence-electron chi connectivity index (χ0n) is 10.4. The normalized spacial score (nSPS) is 12.6. The number of rotatable bonds is 4. The zero-order chi connectivity index (χ0) is 13.1. The van der Waals surface area contributed by atoms with Gasteiger partial charge in [0, 0.05) is 18.3 Å². The molecule has 0 radical (unpaired) electrons. The Balaban J connectivity index is 3.23. The number of nitrogens with two attached hydrogens (primary N) is 1. The number of hydrogen-bond donors (Lipinski definition) is 3. The van der Waals surface area contributed by atoms with Crippen molar-refractivity contribution >= 4 is 11.5 Å². The molecule has 0 amide bonds. The van der Waals surface area contributed by atoms with Gasteiger partial charge in [0.05, 0.1) is 12.1 Å². The molecule has 0 saturated heterocycles. The number of aliphatic hydroxyl groups is 1. The largest absolute Gasteiger partial charge is 0.409 e. The fraction of sp³-hybridized carbons (Fsp3) is 0.417. The van der Waals surface area contributed by atoms with E-state index >= 15 is 0 Å². The minimum absolute atomic E-state index is 0.00794. The fourth-order valence-electron chi connectivity index (χ4n) is 1.47. The van der Waals surface area contributed by atoms with E-state index in [1.54, 1.807) is 6.07 Å². The van der Waals surface area contributed by atoms with E-state index < -0.39 is 5.54 Å². The van der Waals surface area contributed by atoms with Gasteiger partial charge in [0.2, 0.25) is 0 Å². The molecule has 0 unspecified atom stereocenters. The van der Waals surface area contributed by atoms with E-state index in [1.807, 2.05) is 44.0 Å². The summed E-state index contributed by atoms with van der Waals surface area (Å²) in [4.78, 5) is 1.90. The highest BCUT2D eigenvalue weighted by Crippen LogP contribution is 2.25. The Hall–Kier alpha value is -1.75. The van der Waals surface area contributed by atoms with Gasteiger partial charge in [-0.1, -0.05) is 17.3 Å². The first kappa shape index (κ1) is 13.3. The summed E-state index contributed by atoms with van der Waals surface area (Å²) in [5.74, 6) is 0.0567. The lowest BCUT2D eigenvalue weighted by atomic mass is 10.0. The standard InChI is InChI=1S/C12H19N3O2/c1-12(2,8-16)15(3)10-7-5-4-6-9(10)11(13)14-17/h4-7,16-17H,8H2,1-3H3,(H2,13,14). The average molecular weight is 237 g/mol. The first-order valence-corrected chi connectivity index (χ1v) is 5.35.